The molecule has 1 aromatic heterocycles. The van der Waals surface area contributed by atoms with E-state index in [-0.39, 0.29) is 11.9 Å². The third kappa shape index (κ3) is 2.83. The summed E-state index contributed by atoms with van der Waals surface area (Å²) in [4.78, 5) is 11.5. The maximum absolute atomic E-state index is 11.5. The average molecular weight is 261 g/mol. The average Bonchev–Trinajstić information content (AvgIpc) is 2.69. The van der Waals surface area contributed by atoms with Crippen molar-refractivity contribution >= 4 is 21.8 Å². The van der Waals surface area contributed by atoms with Gasteiger partial charge in [0, 0.05) is 17.4 Å². The van der Waals surface area contributed by atoms with Gasteiger partial charge in [-0.1, -0.05) is 28.0 Å². The third-order valence-corrected chi connectivity index (χ3v) is 3.15. The number of rotatable bonds is 4. The molecule has 0 aromatic carbocycles. The van der Waals surface area contributed by atoms with E-state index in [1.165, 1.54) is 6.26 Å². The molecule has 0 saturated carbocycles. The third-order valence-electron chi connectivity index (χ3n) is 2.13. The standard InChI is InChI=1S/C9H13BrN2O2/c1-6(5-10)7(2)11-9(13)8-3-4-14-12-8/h3-4,6-7H,5H2,1-2H3,(H,11,13). The molecule has 0 aliphatic rings. The molecule has 78 valence electrons. The lowest BCUT2D eigenvalue weighted by molar-refractivity contribution is 0.0922. The molecule has 0 bridgehead atoms. The number of carbonyl (C=O) groups excluding carboxylic acids is 1. The van der Waals surface area contributed by atoms with Gasteiger partial charge in [-0.2, -0.15) is 0 Å². The fraction of sp³-hybridized carbons (Fsp3) is 0.556. The normalized spacial score (nSPS) is 14.8. The van der Waals surface area contributed by atoms with Gasteiger partial charge in [0.2, 0.25) is 0 Å². The number of amides is 1. The van der Waals surface area contributed by atoms with Crippen LogP contribution in [0.1, 0.15) is 24.3 Å². The van der Waals surface area contributed by atoms with Crippen molar-refractivity contribution in [1.82, 2.24) is 10.5 Å². The van der Waals surface area contributed by atoms with Crippen LogP contribution in [0.3, 0.4) is 0 Å². The van der Waals surface area contributed by atoms with E-state index < -0.39 is 0 Å². The maximum Gasteiger partial charge on any atom is 0.273 e. The number of alkyl halides is 1. The van der Waals surface area contributed by atoms with Gasteiger partial charge in [-0.3, -0.25) is 4.79 Å². The minimum Gasteiger partial charge on any atom is -0.364 e. The predicted molar refractivity (Wildman–Crippen MR) is 56.4 cm³/mol. The van der Waals surface area contributed by atoms with Gasteiger partial charge < -0.3 is 9.84 Å². The van der Waals surface area contributed by atoms with Crippen LogP contribution in [-0.2, 0) is 0 Å². The fourth-order valence-electron chi connectivity index (χ4n) is 0.886. The van der Waals surface area contributed by atoms with Crippen molar-refractivity contribution in [1.29, 1.82) is 0 Å². The van der Waals surface area contributed by atoms with Crippen LogP contribution in [0.25, 0.3) is 0 Å². The predicted octanol–water partition coefficient (Wildman–Crippen LogP) is 1.82. The lowest BCUT2D eigenvalue weighted by Crippen LogP contribution is -2.37. The Morgan fingerprint density at radius 2 is 2.43 bits per heavy atom. The summed E-state index contributed by atoms with van der Waals surface area (Å²) < 4.78 is 4.58. The molecule has 1 N–H and O–H groups in total. The Hall–Kier alpha value is -0.840. The summed E-state index contributed by atoms with van der Waals surface area (Å²) in [7, 11) is 0. The summed E-state index contributed by atoms with van der Waals surface area (Å²) in [6.07, 6.45) is 1.38. The highest BCUT2D eigenvalue weighted by atomic mass is 79.9. The number of carbonyl (C=O) groups is 1. The zero-order valence-electron chi connectivity index (χ0n) is 8.16. The highest BCUT2D eigenvalue weighted by Gasteiger charge is 2.16. The quantitative estimate of drug-likeness (QED) is 0.841. The van der Waals surface area contributed by atoms with Crippen LogP contribution < -0.4 is 5.32 Å². The monoisotopic (exact) mass is 260 g/mol. The zero-order valence-corrected chi connectivity index (χ0v) is 9.74. The van der Waals surface area contributed by atoms with Gasteiger partial charge in [-0.05, 0) is 12.8 Å². The lowest BCUT2D eigenvalue weighted by atomic mass is 10.1. The Morgan fingerprint density at radius 1 is 1.71 bits per heavy atom. The first-order valence-corrected chi connectivity index (χ1v) is 5.54. The first-order chi connectivity index (χ1) is 6.65. The summed E-state index contributed by atoms with van der Waals surface area (Å²) in [5, 5.41) is 7.25. The summed E-state index contributed by atoms with van der Waals surface area (Å²) in [5.41, 5.74) is 0.318. The summed E-state index contributed by atoms with van der Waals surface area (Å²) in [6.45, 7) is 4.02. The smallest absolute Gasteiger partial charge is 0.273 e. The number of nitrogens with zero attached hydrogens (tertiary/aromatic N) is 1. The van der Waals surface area contributed by atoms with Crippen LogP contribution in [0.4, 0.5) is 0 Å². The van der Waals surface area contributed by atoms with Crippen LogP contribution >= 0.6 is 15.9 Å². The van der Waals surface area contributed by atoms with Crippen LogP contribution in [0.5, 0.6) is 0 Å². The van der Waals surface area contributed by atoms with E-state index in [1.807, 2.05) is 6.92 Å². The van der Waals surface area contributed by atoms with E-state index in [4.69, 9.17) is 0 Å². The molecule has 1 rings (SSSR count). The number of hydrogen-bond donors (Lipinski definition) is 1. The molecule has 4 nitrogen and oxygen atoms in total. The first kappa shape index (κ1) is 11.2. The molecule has 0 spiro atoms. The molecule has 1 amide bonds. The Balaban J connectivity index is 2.49. The molecular weight excluding hydrogens is 248 g/mol. The molecule has 14 heavy (non-hydrogen) atoms. The van der Waals surface area contributed by atoms with E-state index in [0.29, 0.717) is 11.6 Å². The molecule has 0 fully saturated rings. The minimum absolute atomic E-state index is 0.110. The van der Waals surface area contributed by atoms with Crippen molar-refractivity contribution in [2.75, 3.05) is 5.33 Å². The molecule has 2 unspecified atom stereocenters. The van der Waals surface area contributed by atoms with Crippen LogP contribution in [0, 0.1) is 5.92 Å². The Bertz CT molecular complexity index is 287. The van der Waals surface area contributed by atoms with E-state index in [0.717, 1.165) is 5.33 Å². The SMILES string of the molecule is CC(CBr)C(C)NC(=O)c1ccon1. The number of aromatic nitrogens is 1. The molecular formula is C9H13BrN2O2. The Labute approximate surface area is 91.2 Å². The van der Waals surface area contributed by atoms with E-state index in [2.05, 4.69) is 37.9 Å². The van der Waals surface area contributed by atoms with Crippen molar-refractivity contribution in [2.45, 2.75) is 19.9 Å². The molecule has 2 atom stereocenters. The second kappa shape index (κ2) is 5.14. The van der Waals surface area contributed by atoms with Crippen LogP contribution in [-0.4, -0.2) is 22.4 Å². The van der Waals surface area contributed by atoms with Gasteiger partial charge in [-0.15, -0.1) is 0 Å². The molecule has 0 aliphatic carbocycles. The van der Waals surface area contributed by atoms with Crippen molar-refractivity contribution < 1.29 is 9.32 Å². The second-order valence-corrected chi connectivity index (χ2v) is 3.93. The number of hydrogen-bond acceptors (Lipinski definition) is 3. The zero-order chi connectivity index (χ0) is 10.6. The fourth-order valence-corrected chi connectivity index (χ4v) is 1.45. The highest BCUT2D eigenvalue weighted by Crippen LogP contribution is 2.06. The largest absolute Gasteiger partial charge is 0.364 e. The van der Waals surface area contributed by atoms with Gasteiger partial charge in [0.15, 0.2) is 5.69 Å². The summed E-state index contributed by atoms with van der Waals surface area (Å²) in [6, 6.07) is 1.65. The van der Waals surface area contributed by atoms with Gasteiger partial charge in [-0.25, -0.2) is 0 Å². The van der Waals surface area contributed by atoms with Crippen molar-refractivity contribution in [2.24, 2.45) is 5.92 Å². The van der Waals surface area contributed by atoms with Crippen molar-refractivity contribution in [3.63, 3.8) is 0 Å². The topological polar surface area (TPSA) is 55.1 Å². The summed E-state index contributed by atoms with van der Waals surface area (Å²) in [5.74, 6) is 0.185. The molecule has 0 saturated heterocycles. The van der Waals surface area contributed by atoms with Gasteiger partial charge in [0.25, 0.3) is 5.91 Å². The van der Waals surface area contributed by atoms with Crippen molar-refractivity contribution in [3.8, 4) is 0 Å². The van der Waals surface area contributed by atoms with E-state index >= 15 is 0 Å². The molecule has 1 aromatic rings. The highest BCUT2D eigenvalue weighted by molar-refractivity contribution is 9.09. The second-order valence-electron chi connectivity index (χ2n) is 3.28. The molecule has 1 heterocycles. The maximum atomic E-state index is 11.5. The molecule has 5 heteroatoms. The first-order valence-electron chi connectivity index (χ1n) is 4.42. The minimum atomic E-state index is -0.195. The molecule has 0 radical (unpaired) electrons. The van der Waals surface area contributed by atoms with Crippen LogP contribution in [0.15, 0.2) is 16.9 Å². The van der Waals surface area contributed by atoms with Gasteiger partial charge in [0.05, 0.1) is 0 Å². The summed E-state index contributed by atoms with van der Waals surface area (Å²) >= 11 is 3.37. The lowest BCUT2D eigenvalue weighted by Gasteiger charge is -2.18. The number of halogens is 1. The Morgan fingerprint density at radius 3 is 2.93 bits per heavy atom. The van der Waals surface area contributed by atoms with E-state index in [9.17, 15) is 4.79 Å². The van der Waals surface area contributed by atoms with E-state index in [1.54, 1.807) is 6.07 Å². The molecule has 0 aliphatic heterocycles. The van der Waals surface area contributed by atoms with Gasteiger partial charge >= 0.3 is 0 Å². The van der Waals surface area contributed by atoms with Gasteiger partial charge in [0.1, 0.15) is 6.26 Å². The Kier molecular flexibility index (Phi) is 4.13. The van der Waals surface area contributed by atoms with Crippen LogP contribution in [0.2, 0.25) is 0 Å². The van der Waals surface area contributed by atoms with Crippen molar-refractivity contribution in [3.05, 3.63) is 18.0 Å². The number of nitrogens with one attached hydrogen (secondary N) is 1.